The highest BCUT2D eigenvalue weighted by molar-refractivity contribution is 5.93. The Hall–Kier alpha value is -1.16. The van der Waals surface area contributed by atoms with Crippen LogP contribution in [-0.2, 0) is 6.54 Å². The molecule has 0 amide bonds. The molecule has 16 heavy (non-hydrogen) atoms. The molecule has 0 aromatic carbocycles. The molecule has 0 aliphatic heterocycles. The van der Waals surface area contributed by atoms with Crippen LogP contribution in [0, 0.1) is 0 Å². The second-order valence-electron chi connectivity index (χ2n) is 4.03. The molecule has 0 bridgehead atoms. The second-order valence-corrected chi connectivity index (χ2v) is 4.03. The van der Waals surface area contributed by atoms with Crippen LogP contribution in [0.4, 0.5) is 0 Å². The first-order valence-electron chi connectivity index (χ1n) is 5.96. The van der Waals surface area contributed by atoms with E-state index >= 15 is 0 Å². The minimum Gasteiger partial charge on any atom is -0.329 e. The van der Waals surface area contributed by atoms with Crippen LogP contribution in [0.3, 0.4) is 0 Å². The zero-order valence-corrected chi connectivity index (χ0v) is 10.4. The van der Waals surface area contributed by atoms with Crippen LogP contribution in [0.2, 0.25) is 0 Å². The topological polar surface area (TPSA) is 46.9 Å². The van der Waals surface area contributed by atoms with Gasteiger partial charge in [0.25, 0.3) is 0 Å². The average molecular weight is 223 g/mol. The van der Waals surface area contributed by atoms with Crippen molar-refractivity contribution in [2.45, 2.75) is 46.2 Å². The first-order valence-corrected chi connectivity index (χ1v) is 5.96. The third-order valence-corrected chi connectivity index (χ3v) is 2.47. The number of hydrogen-bond donors (Lipinski definition) is 1. The highest BCUT2D eigenvalue weighted by atomic mass is 16.1. The van der Waals surface area contributed by atoms with Gasteiger partial charge in [0.1, 0.15) is 0 Å². The van der Waals surface area contributed by atoms with Crippen molar-refractivity contribution in [1.82, 2.24) is 14.9 Å². The SMILES string of the molecule is CCCn1ccnc1C(=O)CC(C)NCC. The Labute approximate surface area is 97.1 Å². The van der Waals surface area contributed by atoms with Crippen molar-refractivity contribution in [3.63, 3.8) is 0 Å². The molecule has 1 aromatic rings. The highest BCUT2D eigenvalue weighted by Crippen LogP contribution is 2.05. The molecule has 0 aliphatic rings. The number of Topliss-reactive ketones (excluding diaryl/α,β-unsaturated/α-hetero) is 1. The summed E-state index contributed by atoms with van der Waals surface area (Å²) in [5.41, 5.74) is 0. The zero-order chi connectivity index (χ0) is 12.0. The van der Waals surface area contributed by atoms with Crippen molar-refractivity contribution in [1.29, 1.82) is 0 Å². The van der Waals surface area contributed by atoms with Gasteiger partial charge >= 0.3 is 0 Å². The monoisotopic (exact) mass is 223 g/mol. The Balaban J connectivity index is 2.61. The first-order chi connectivity index (χ1) is 7.69. The molecule has 0 spiro atoms. The fourth-order valence-corrected chi connectivity index (χ4v) is 1.77. The summed E-state index contributed by atoms with van der Waals surface area (Å²) in [5.74, 6) is 0.707. The van der Waals surface area contributed by atoms with E-state index in [0.717, 1.165) is 19.5 Å². The fraction of sp³-hybridized carbons (Fsp3) is 0.667. The van der Waals surface area contributed by atoms with Crippen molar-refractivity contribution in [3.05, 3.63) is 18.2 Å². The van der Waals surface area contributed by atoms with E-state index in [9.17, 15) is 4.79 Å². The third kappa shape index (κ3) is 3.45. The summed E-state index contributed by atoms with van der Waals surface area (Å²) in [6, 6.07) is 0.212. The van der Waals surface area contributed by atoms with Crippen molar-refractivity contribution >= 4 is 5.78 Å². The van der Waals surface area contributed by atoms with E-state index in [-0.39, 0.29) is 11.8 Å². The molecule has 1 aromatic heterocycles. The van der Waals surface area contributed by atoms with Crippen LogP contribution in [0.5, 0.6) is 0 Å². The molecule has 0 saturated heterocycles. The van der Waals surface area contributed by atoms with E-state index in [0.29, 0.717) is 12.2 Å². The molecule has 1 unspecified atom stereocenters. The third-order valence-electron chi connectivity index (χ3n) is 2.47. The van der Waals surface area contributed by atoms with Gasteiger partial charge in [-0.3, -0.25) is 4.79 Å². The molecule has 4 heteroatoms. The molecule has 1 heterocycles. The molecule has 0 radical (unpaired) electrons. The quantitative estimate of drug-likeness (QED) is 0.718. The number of rotatable bonds is 7. The van der Waals surface area contributed by atoms with Gasteiger partial charge in [-0.25, -0.2) is 4.98 Å². The van der Waals surface area contributed by atoms with E-state index in [1.807, 2.05) is 24.6 Å². The lowest BCUT2D eigenvalue weighted by Gasteiger charge is -2.11. The number of nitrogens with one attached hydrogen (secondary N) is 1. The zero-order valence-electron chi connectivity index (χ0n) is 10.4. The van der Waals surface area contributed by atoms with Crippen LogP contribution in [-0.4, -0.2) is 27.9 Å². The maximum Gasteiger partial charge on any atom is 0.199 e. The van der Waals surface area contributed by atoms with Crippen molar-refractivity contribution in [2.75, 3.05) is 6.54 Å². The number of aromatic nitrogens is 2. The molecule has 0 aliphatic carbocycles. The molecular weight excluding hydrogens is 202 g/mol. The predicted molar refractivity (Wildman–Crippen MR) is 64.6 cm³/mol. The molecule has 0 saturated carbocycles. The second kappa shape index (κ2) is 6.43. The van der Waals surface area contributed by atoms with Gasteiger partial charge in [-0.05, 0) is 19.9 Å². The average Bonchev–Trinajstić information content (AvgIpc) is 2.66. The van der Waals surface area contributed by atoms with Gasteiger partial charge in [0.15, 0.2) is 11.6 Å². The number of carbonyl (C=O) groups excluding carboxylic acids is 1. The summed E-state index contributed by atoms with van der Waals surface area (Å²) in [4.78, 5) is 16.1. The number of aryl methyl sites for hydroxylation is 1. The van der Waals surface area contributed by atoms with Crippen LogP contribution in [0.1, 0.15) is 44.2 Å². The summed E-state index contributed by atoms with van der Waals surface area (Å²) in [6.07, 6.45) is 5.09. The number of nitrogens with zero attached hydrogens (tertiary/aromatic N) is 2. The number of carbonyl (C=O) groups is 1. The smallest absolute Gasteiger partial charge is 0.199 e. The van der Waals surface area contributed by atoms with Gasteiger partial charge in [-0.2, -0.15) is 0 Å². The van der Waals surface area contributed by atoms with Crippen molar-refractivity contribution < 1.29 is 4.79 Å². The lowest BCUT2D eigenvalue weighted by Crippen LogP contribution is -2.29. The molecule has 1 atom stereocenters. The van der Waals surface area contributed by atoms with Gasteiger partial charge in [0.2, 0.25) is 0 Å². The Kier molecular flexibility index (Phi) is 5.19. The Morgan fingerprint density at radius 2 is 2.31 bits per heavy atom. The molecule has 1 rings (SSSR count). The Morgan fingerprint density at radius 1 is 1.56 bits per heavy atom. The molecule has 90 valence electrons. The van der Waals surface area contributed by atoms with Crippen LogP contribution in [0.25, 0.3) is 0 Å². The minimum atomic E-state index is 0.118. The molecule has 0 fully saturated rings. The summed E-state index contributed by atoms with van der Waals surface area (Å²) in [5, 5.41) is 3.23. The molecular formula is C12H21N3O. The first kappa shape index (κ1) is 12.9. The van der Waals surface area contributed by atoms with Crippen LogP contribution in [0.15, 0.2) is 12.4 Å². The Bertz CT molecular complexity index is 333. The van der Waals surface area contributed by atoms with Gasteiger partial charge in [-0.1, -0.05) is 13.8 Å². The van der Waals surface area contributed by atoms with Crippen molar-refractivity contribution in [3.8, 4) is 0 Å². The summed E-state index contributed by atoms with van der Waals surface area (Å²) in [7, 11) is 0. The van der Waals surface area contributed by atoms with Gasteiger partial charge < -0.3 is 9.88 Å². The van der Waals surface area contributed by atoms with Gasteiger partial charge in [0, 0.05) is 31.4 Å². The summed E-state index contributed by atoms with van der Waals surface area (Å²) >= 11 is 0. The van der Waals surface area contributed by atoms with E-state index < -0.39 is 0 Å². The largest absolute Gasteiger partial charge is 0.329 e. The molecule has 1 N–H and O–H groups in total. The molecule has 4 nitrogen and oxygen atoms in total. The highest BCUT2D eigenvalue weighted by Gasteiger charge is 2.15. The fourth-order valence-electron chi connectivity index (χ4n) is 1.77. The standard InChI is InChI=1S/C12H21N3O/c1-4-7-15-8-6-14-12(15)11(16)9-10(3)13-5-2/h6,8,10,13H,4-5,7,9H2,1-3H3. The lowest BCUT2D eigenvalue weighted by molar-refractivity contribution is 0.0957. The number of hydrogen-bond acceptors (Lipinski definition) is 3. The normalized spacial score (nSPS) is 12.7. The van der Waals surface area contributed by atoms with Crippen LogP contribution < -0.4 is 5.32 Å². The van der Waals surface area contributed by atoms with Gasteiger partial charge in [-0.15, -0.1) is 0 Å². The Morgan fingerprint density at radius 3 is 2.94 bits per heavy atom. The van der Waals surface area contributed by atoms with Gasteiger partial charge in [0.05, 0.1) is 0 Å². The van der Waals surface area contributed by atoms with E-state index in [4.69, 9.17) is 0 Å². The van der Waals surface area contributed by atoms with E-state index in [1.165, 1.54) is 0 Å². The number of ketones is 1. The van der Waals surface area contributed by atoms with E-state index in [2.05, 4.69) is 17.2 Å². The van der Waals surface area contributed by atoms with E-state index in [1.54, 1.807) is 6.20 Å². The maximum absolute atomic E-state index is 12.0. The maximum atomic E-state index is 12.0. The summed E-state index contributed by atoms with van der Waals surface area (Å²) < 4.78 is 1.93. The van der Waals surface area contributed by atoms with Crippen molar-refractivity contribution in [2.24, 2.45) is 0 Å². The predicted octanol–water partition coefficient (Wildman–Crippen LogP) is 1.86. The number of imidazole rings is 1. The summed E-state index contributed by atoms with van der Waals surface area (Å²) in [6.45, 7) is 7.90. The minimum absolute atomic E-state index is 0.118. The lowest BCUT2D eigenvalue weighted by atomic mass is 10.1. The van der Waals surface area contributed by atoms with Crippen LogP contribution >= 0.6 is 0 Å².